The highest BCUT2D eigenvalue weighted by Crippen LogP contribution is 2.16. The highest BCUT2D eigenvalue weighted by molar-refractivity contribution is 6.18. The Kier molecular flexibility index (Phi) is 2.46. The van der Waals surface area contributed by atoms with Crippen LogP contribution in [0.25, 0.3) is 10.9 Å². The van der Waals surface area contributed by atoms with Crippen LogP contribution in [0.2, 0.25) is 0 Å². The molecule has 1 aromatic heterocycles. The Labute approximate surface area is 82.4 Å². The number of hydrogen-bond donors (Lipinski definition) is 0. The fourth-order valence-corrected chi connectivity index (χ4v) is 1.67. The average molecular weight is 192 g/mol. The zero-order valence-electron chi connectivity index (χ0n) is 7.20. The van der Waals surface area contributed by atoms with Crippen LogP contribution in [-0.4, -0.2) is 10.9 Å². The smallest absolute Gasteiger partial charge is 0.0734 e. The highest BCUT2D eigenvalue weighted by atomic mass is 35.5. The number of pyridine rings is 1. The van der Waals surface area contributed by atoms with Crippen molar-refractivity contribution in [1.29, 1.82) is 0 Å². The summed E-state index contributed by atoms with van der Waals surface area (Å²) >= 11 is 5.71. The van der Waals surface area contributed by atoms with Gasteiger partial charge >= 0.3 is 0 Å². The summed E-state index contributed by atoms with van der Waals surface area (Å²) in [6, 6.07) is 10.2. The van der Waals surface area contributed by atoms with Crippen molar-refractivity contribution in [2.24, 2.45) is 0 Å². The van der Waals surface area contributed by atoms with Gasteiger partial charge in [0.15, 0.2) is 0 Å². The lowest BCUT2D eigenvalue weighted by molar-refractivity contribution is 1.15. The van der Waals surface area contributed by atoms with Gasteiger partial charge in [-0.1, -0.05) is 24.3 Å². The second-order valence-electron chi connectivity index (χ2n) is 2.93. The number of para-hydroxylation sites is 1. The highest BCUT2D eigenvalue weighted by Gasteiger charge is 1.99. The van der Waals surface area contributed by atoms with E-state index in [-0.39, 0.29) is 0 Å². The molecule has 2 aromatic rings. The second-order valence-corrected chi connectivity index (χ2v) is 3.31. The average Bonchev–Trinajstić information content (AvgIpc) is 2.19. The van der Waals surface area contributed by atoms with E-state index in [0.717, 1.165) is 11.9 Å². The van der Waals surface area contributed by atoms with Gasteiger partial charge in [0.2, 0.25) is 0 Å². The molecule has 1 aromatic carbocycles. The summed E-state index contributed by atoms with van der Waals surface area (Å²) in [5.74, 6) is 0.648. The van der Waals surface area contributed by atoms with Crippen molar-refractivity contribution in [2.45, 2.75) is 6.42 Å². The lowest BCUT2D eigenvalue weighted by atomic mass is 10.1. The minimum atomic E-state index is 0.648. The van der Waals surface area contributed by atoms with Crippen molar-refractivity contribution >= 4 is 22.5 Å². The summed E-state index contributed by atoms with van der Waals surface area (Å²) in [6.45, 7) is 0. The molecule has 0 aliphatic heterocycles. The first kappa shape index (κ1) is 8.52. The molecule has 0 fully saturated rings. The first-order valence-electron chi connectivity index (χ1n) is 4.30. The molecule has 66 valence electrons. The molecule has 1 nitrogen and oxygen atoms in total. The van der Waals surface area contributed by atoms with Crippen molar-refractivity contribution in [3.05, 3.63) is 42.1 Å². The van der Waals surface area contributed by atoms with Gasteiger partial charge in [0.25, 0.3) is 0 Å². The Balaban J connectivity index is 2.61. The van der Waals surface area contributed by atoms with Crippen LogP contribution < -0.4 is 0 Å². The predicted octanol–water partition coefficient (Wildman–Crippen LogP) is 3.02. The van der Waals surface area contributed by atoms with E-state index in [1.807, 2.05) is 18.3 Å². The van der Waals surface area contributed by atoms with Crippen LogP contribution in [0, 0.1) is 0 Å². The Bertz CT molecular complexity index is 406. The number of nitrogens with zero attached hydrogens (tertiary/aromatic N) is 1. The van der Waals surface area contributed by atoms with E-state index in [4.69, 9.17) is 11.6 Å². The van der Waals surface area contributed by atoms with Gasteiger partial charge < -0.3 is 0 Å². The molecule has 0 spiro atoms. The molecule has 0 aliphatic carbocycles. The van der Waals surface area contributed by atoms with Gasteiger partial charge in [0.05, 0.1) is 5.52 Å². The predicted molar refractivity (Wildman–Crippen MR) is 56.2 cm³/mol. The summed E-state index contributed by atoms with van der Waals surface area (Å²) in [7, 11) is 0. The number of benzene rings is 1. The molecule has 2 heteroatoms. The Morgan fingerprint density at radius 3 is 2.85 bits per heavy atom. The minimum absolute atomic E-state index is 0.648. The molecule has 0 aliphatic rings. The maximum absolute atomic E-state index is 5.71. The van der Waals surface area contributed by atoms with Crippen molar-refractivity contribution in [3.8, 4) is 0 Å². The van der Waals surface area contributed by atoms with Crippen LogP contribution >= 0.6 is 11.6 Å². The largest absolute Gasteiger partial charge is 0.256 e. The molecule has 0 unspecified atom stereocenters. The number of aromatic nitrogens is 1. The third-order valence-electron chi connectivity index (χ3n) is 2.08. The lowest BCUT2D eigenvalue weighted by Crippen LogP contribution is -1.89. The number of aryl methyl sites for hydroxylation is 1. The number of rotatable bonds is 2. The van der Waals surface area contributed by atoms with Gasteiger partial charge in [0.1, 0.15) is 0 Å². The molecule has 0 amide bonds. The van der Waals surface area contributed by atoms with E-state index in [9.17, 15) is 0 Å². The van der Waals surface area contributed by atoms with Crippen LogP contribution in [-0.2, 0) is 6.42 Å². The van der Waals surface area contributed by atoms with Gasteiger partial charge in [-0.05, 0) is 18.1 Å². The summed E-state index contributed by atoms with van der Waals surface area (Å²) in [4.78, 5) is 4.34. The summed E-state index contributed by atoms with van der Waals surface area (Å²) in [6.07, 6.45) is 2.70. The maximum atomic E-state index is 5.71. The zero-order chi connectivity index (χ0) is 9.10. The summed E-state index contributed by atoms with van der Waals surface area (Å²) in [5, 5.41) is 1.19. The van der Waals surface area contributed by atoms with Crippen molar-refractivity contribution < 1.29 is 0 Å². The molecule has 0 radical (unpaired) electrons. The quantitative estimate of drug-likeness (QED) is 0.665. The van der Waals surface area contributed by atoms with Crippen LogP contribution in [0.15, 0.2) is 36.5 Å². The van der Waals surface area contributed by atoms with Crippen molar-refractivity contribution in [1.82, 2.24) is 4.98 Å². The number of fused-ring (bicyclic) bond motifs is 1. The van der Waals surface area contributed by atoms with E-state index in [1.54, 1.807) is 0 Å². The van der Waals surface area contributed by atoms with Crippen LogP contribution in [0.5, 0.6) is 0 Å². The molecule has 13 heavy (non-hydrogen) atoms. The lowest BCUT2D eigenvalue weighted by Gasteiger charge is -2.02. The first-order chi connectivity index (χ1) is 6.42. The molecule has 0 N–H and O–H groups in total. The number of hydrogen-bond acceptors (Lipinski definition) is 1. The SMILES string of the molecule is ClCCc1cccc2cccnc12. The van der Waals surface area contributed by atoms with Crippen LogP contribution in [0.3, 0.4) is 0 Å². The van der Waals surface area contributed by atoms with E-state index in [2.05, 4.69) is 23.2 Å². The summed E-state index contributed by atoms with van der Waals surface area (Å²) in [5.41, 5.74) is 2.30. The molecule has 0 atom stereocenters. The first-order valence-corrected chi connectivity index (χ1v) is 4.84. The summed E-state index contributed by atoms with van der Waals surface area (Å²) < 4.78 is 0. The fourth-order valence-electron chi connectivity index (χ4n) is 1.47. The molecular formula is C11H10ClN. The van der Waals surface area contributed by atoms with Crippen molar-refractivity contribution in [2.75, 3.05) is 5.88 Å². The molecule has 1 heterocycles. The maximum Gasteiger partial charge on any atom is 0.0734 e. The van der Waals surface area contributed by atoms with Gasteiger partial charge in [-0.15, -0.1) is 11.6 Å². The standard InChI is InChI=1S/C11H10ClN/c12-7-6-10-4-1-3-9-5-2-8-13-11(9)10/h1-5,8H,6-7H2. The van der Waals surface area contributed by atoms with Crippen molar-refractivity contribution in [3.63, 3.8) is 0 Å². The molecule has 2 rings (SSSR count). The number of alkyl halides is 1. The number of halogens is 1. The Hall–Kier alpha value is -1.08. The van der Waals surface area contributed by atoms with E-state index in [1.165, 1.54) is 10.9 Å². The van der Waals surface area contributed by atoms with E-state index >= 15 is 0 Å². The Morgan fingerprint density at radius 1 is 1.15 bits per heavy atom. The topological polar surface area (TPSA) is 12.9 Å². The third-order valence-corrected chi connectivity index (χ3v) is 2.27. The monoisotopic (exact) mass is 191 g/mol. The van der Waals surface area contributed by atoms with E-state index in [0.29, 0.717) is 5.88 Å². The zero-order valence-corrected chi connectivity index (χ0v) is 7.96. The molecule has 0 saturated carbocycles. The molecule has 0 saturated heterocycles. The second kappa shape index (κ2) is 3.75. The third kappa shape index (κ3) is 1.65. The van der Waals surface area contributed by atoms with E-state index < -0.39 is 0 Å². The minimum Gasteiger partial charge on any atom is -0.256 e. The molecular weight excluding hydrogens is 182 g/mol. The van der Waals surface area contributed by atoms with Crippen LogP contribution in [0.4, 0.5) is 0 Å². The van der Waals surface area contributed by atoms with Gasteiger partial charge in [-0.3, -0.25) is 4.98 Å². The Morgan fingerprint density at radius 2 is 2.00 bits per heavy atom. The van der Waals surface area contributed by atoms with Crippen LogP contribution in [0.1, 0.15) is 5.56 Å². The van der Waals surface area contributed by atoms with Gasteiger partial charge in [0, 0.05) is 17.5 Å². The molecule has 0 bridgehead atoms. The van der Waals surface area contributed by atoms with Gasteiger partial charge in [-0.2, -0.15) is 0 Å². The normalized spacial score (nSPS) is 10.5. The van der Waals surface area contributed by atoms with Gasteiger partial charge in [-0.25, -0.2) is 0 Å². The fraction of sp³-hybridized carbons (Fsp3) is 0.182.